The summed E-state index contributed by atoms with van der Waals surface area (Å²) >= 11 is 0. The van der Waals surface area contributed by atoms with Crippen LogP contribution in [0.5, 0.6) is 0 Å². The summed E-state index contributed by atoms with van der Waals surface area (Å²) in [6.45, 7) is 1.59. The van der Waals surface area contributed by atoms with Gasteiger partial charge < -0.3 is 15.0 Å². The lowest BCUT2D eigenvalue weighted by atomic mass is 10.1. The van der Waals surface area contributed by atoms with Crippen LogP contribution in [-0.4, -0.2) is 11.2 Å². The zero-order valence-electron chi connectivity index (χ0n) is 9.64. The minimum Gasteiger partial charge on any atom is -0.361 e. The van der Waals surface area contributed by atoms with Crippen LogP contribution < -0.4 is 5.73 Å². The first-order valence-corrected chi connectivity index (χ1v) is 6.32. The van der Waals surface area contributed by atoms with E-state index in [9.17, 15) is 0 Å². The zero-order valence-corrected chi connectivity index (χ0v) is 9.64. The smallest absolute Gasteiger partial charge is 0.122 e. The van der Waals surface area contributed by atoms with Crippen LogP contribution in [0.1, 0.15) is 37.3 Å². The van der Waals surface area contributed by atoms with Crippen molar-refractivity contribution in [2.24, 2.45) is 17.6 Å². The van der Waals surface area contributed by atoms with Crippen molar-refractivity contribution in [3.63, 3.8) is 0 Å². The zero-order chi connectivity index (χ0) is 11.0. The quantitative estimate of drug-likeness (QED) is 0.799. The Morgan fingerprint density at radius 2 is 2.19 bits per heavy atom. The number of ether oxygens (including phenoxy) is 1. The summed E-state index contributed by atoms with van der Waals surface area (Å²) in [6.07, 6.45) is 9.50. The van der Waals surface area contributed by atoms with Gasteiger partial charge >= 0.3 is 0 Å². The van der Waals surface area contributed by atoms with Crippen molar-refractivity contribution in [2.75, 3.05) is 6.61 Å². The highest BCUT2D eigenvalue weighted by atomic mass is 16.5. The largest absolute Gasteiger partial charge is 0.361 e. The fraction of sp³-hybridized carbons (Fsp3) is 0.692. The van der Waals surface area contributed by atoms with Crippen molar-refractivity contribution in [2.45, 2.75) is 38.5 Å². The number of nitrogens with two attached hydrogens (primary N) is 1. The molecule has 16 heavy (non-hydrogen) atoms. The Labute approximate surface area is 96.6 Å². The van der Waals surface area contributed by atoms with Crippen molar-refractivity contribution >= 4 is 0 Å². The molecule has 2 fully saturated rings. The Bertz CT molecular complexity index is 353. The highest BCUT2D eigenvalue weighted by Gasteiger charge is 2.29. The van der Waals surface area contributed by atoms with E-state index in [0.717, 1.165) is 18.4 Å². The number of rotatable bonds is 6. The SMILES string of the molecule is NC(c1ccn(COCC2CC2)c1)C1CC1. The molecular formula is C13H20N2O. The lowest BCUT2D eigenvalue weighted by molar-refractivity contribution is 0.0691. The van der Waals surface area contributed by atoms with E-state index in [1.165, 1.54) is 31.2 Å². The molecule has 0 spiro atoms. The minimum absolute atomic E-state index is 0.240. The molecule has 1 unspecified atom stereocenters. The van der Waals surface area contributed by atoms with Crippen LogP contribution >= 0.6 is 0 Å². The molecule has 0 amide bonds. The molecule has 3 heteroatoms. The maximum absolute atomic E-state index is 6.15. The molecule has 0 aliphatic heterocycles. The summed E-state index contributed by atoms with van der Waals surface area (Å²) in [4.78, 5) is 0. The predicted molar refractivity (Wildman–Crippen MR) is 62.8 cm³/mol. The highest BCUT2D eigenvalue weighted by molar-refractivity contribution is 5.17. The Hall–Kier alpha value is -0.800. The topological polar surface area (TPSA) is 40.2 Å². The maximum Gasteiger partial charge on any atom is 0.122 e. The maximum atomic E-state index is 6.15. The van der Waals surface area contributed by atoms with Crippen LogP contribution in [0, 0.1) is 11.8 Å². The normalized spacial score (nSPS) is 22.3. The molecule has 2 saturated carbocycles. The van der Waals surface area contributed by atoms with Gasteiger partial charge in [-0.3, -0.25) is 0 Å². The van der Waals surface area contributed by atoms with Gasteiger partial charge in [0.2, 0.25) is 0 Å². The minimum atomic E-state index is 0.240. The summed E-state index contributed by atoms with van der Waals surface area (Å²) in [6, 6.07) is 2.37. The van der Waals surface area contributed by atoms with Gasteiger partial charge in [0.1, 0.15) is 6.73 Å². The fourth-order valence-corrected chi connectivity index (χ4v) is 2.07. The van der Waals surface area contributed by atoms with Crippen LogP contribution in [0.3, 0.4) is 0 Å². The third-order valence-corrected chi connectivity index (χ3v) is 3.58. The second kappa shape index (κ2) is 4.22. The van der Waals surface area contributed by atoms with Crippen molar-refractivity contribution in [1.82, 2.24) is 4.57 Å². The molecule has 0 radical (unpaired) electrons. The summed E-state index contributed by atoms with van der Waals surface area (Å²) < 4.78 is 7.73. The summed E-state index contributed by atoms with van der Waals surface area (Å²) in [7, 11) is 0. The standard InChI is InChI=1S/C13H20N2O/c14-13(11-3-4-11)12-5-6-15(7-12)9-16-8-10-1-2-10/h5-7,10-11,13H,1-4,8-9,14H2. The van der Waals surface area contributed by atoms with Crippen LogP contribution in [0.15, 0.2) is 18.5 Å². The lowest BCUT2D eigenvalue weighted by Crippen LogP contribution is -2.11. The highest BCUT2D eigenvalue weighted by Crippen LogP contribution is 2.39. The van der Waals surface area contributed by atoms with E-state index in [-0.39, 0.29) is 6.04 Å². The van der Waals surface area contributed by atoms with Crippen molar-refractivity contribution in [3.05, 3.63) is 24.0 Å². The van der Waals surface area contributed by atoms with E-state index >= 15 is 0 Å². The molecule has 2 aliphatic rings. The van der Waals surface area contributed by atoms with E-state index in [4.69, 9.17) is 10.5 Å². The molecule has 3 rings (SSSR count). The van der Waals surface area contributed by atoms with Crippen molar-refractivity contribution < 1.29 is 4.74 Å². The second-order valence-electron chi connectivity index (χ2n) is 5.27. The van der Waals surface area contributed by atoms with E-state index < -0.39 is 0 Å². The molecular weight excluding hydrogens is 200 g/mol. The number of aromatic nitrogens is 1. The average Bonchev–Trinajstić information content (AvgIpc) is 3.17. The van der Waals surface area contributed by atoms with Crippen LogP contribution in [0.4, 0.5) is 0 Å². The Kier molecular flexibility index (Phi) is 2.74. The monoisotopic (exact) mass is 220 g/mol. The summed E-state index contributed by atoms with van der Waals surface area (Å²) in [5, 5.41) is 0. The summed E-state index contributed by atoms with van der Waals surface area (Å²) in [5.74, 6) is 1.56. The number of hydrogen-bond donors (Lipinski definition) is 1. The Morgan fingerprint density at radius 1 is 1.38 bits per heavy atom. The van der Waals surface area contributed by atoms with E-state index in [1.54, 1.807) is 0 Å². The van der Waals surface area contributed by atoms with E-state index in [2.05, 4.69) is 23.0 Å². The lowest BCUT2D eigenvalue weighted by Gasteiger charge is -2.07. The van der Waals surface area contributed by atoms with Gasteiger partial charge in [-0.25, -0.2) is 0 Å². The van der Waals surface area contributed by atoms with Gasteiger partial charge in [-0.05, 0) is 49.1 Å². The first-order chi connectivity index (χ1) is 7.83. The molecule has 1 aromatic rings. The Balaban J connectivity index is 1.50. The molecule has 2 N–H and O–H groups in total. The first-order valence-electron chi connectivity index (χ1n) is 6.32. The van der Waals surface area contributed by atoms with Gasteiger partial charge in [0.25, 0.3) is 0 Å². The molecule has 1 aromatic heterocycles. The van der Waals surface area contributed by atoms with Crippen LogP contribution in [0.2, 0.25) is 0 Å². The molecule has 1 atom stereocenters. The third-order valence-electron chi connectivity index (χ3n) is 3.58. The van der Waals surface area contributed by atoms with Crippen molar-refractivity contribution in [3.8, 4) is 0 Å². The molecule has 1 heterocycles. The van der Waals surface area contributed by atoms with Crippen molar-refractivity contribution in [1.29, 1.82) is 0 Å². The number of hydrogen-bond acceptors (Lipinski definition) is 2. The van der Waals surface area contributed by atoms with Gasteiger partial charge in [-0.15, -0.1) is 0 Å². The van der Waals surface area contributed by atoms with E-state index in [1.807, 2.05) is 0 Å². The molecule has 0 saturated heterocycles. The van der Waals surface area contributed by atoms with Crippen LogP contribution in [0.25, 0.3) is 0 Å². The predicted octanol–water partition coefficient (Wildman–Crippen LogP) is 2.28. The van der Waals surface area contributed by atoms with E-state index in [0.29, 0.717) is 6.73 Å². The van der Waals surface area contributed by atoms with Gasteiger partial charge in [-0.2, -0.15) is 0 Å². The van der Waals surface area contributed by atoms with Gasteiger partial charge in [-0.1, -0.05) is 0 Å². The van der Waals surface area contributed by atoms with Gasteiger partial charge in [0.15, 0.2) is 0 Å². The number of nitrogens with zero attached hydrogens (tertiary/aromatic N) is 1. The Morgan fingerprint density at radius 3 is 2.88 bits per heavy atom. The first kappa shape index (κ1) is 10.4. The molecule has 0 aromatic carbocycles. The molecule has 2 aliphatic carbocycles. The average molecular weight is 220 g/mol. The fourth-order valence-electron chi connectivity index (χ4n) is 2.07. The van der Waals surface area contributed by atoms with Crippen LogP contribution in [-0.2, 0) is 11.5 Å². The van der Waals surface area contributed by atoms with Gasteiger partial charge in [0.05, 0.1) is 6.61 Å². The molecule has 88 valence electrons. The third kappa shape index (κ3) is 2.47. The molecule has 3 nitrogen and oxygen atoms in total. The van der Waals surface area contributed by atoms with Gasteiger partial charge in [0, 0.05) is 18.4 Å². The molecule has 0 bridgehead atoms. The second-order valence-corrected chi connectivity index (χ2v) is 5.27. The summed E-state index contributed by atoms with van der Waals surface area (Å²) in [5.41, 5.74) is 7.41.